The topological polar surface area (TPSA) is 96.8 Å². The number of carbonyl (C=O) groups excluding carboxylic acids is 1. The van der Waals surface area contributed by atoms with Gasteiger partial charge in [-0.15, -0.1) is 0 Å². The highest BCUT2D eigenvalue weighted by Gasteiger charge is 2.18. The zero-order chi connectivity index (χ0) is 21.3. The summed E-state index contributed by atoms with van der Waals surface area (Å²) in [5, 5.41) is 0. The third-order valence-electron chi connectivity index (χ3n) is 4.82. The first kappa shape index (κ1) is 19.3. The molecule has 4 rings (SSSR count). The van der Waals surface area contributed by atoms with Crippen LogP contribution in [0, 0.1) is 0 Å². The van der Waals surface area contributed by atoms with E-state index in [0.29, 0.717) is 39.7 Å². The van der Waals surface area contributed by atoms with Crippen molar-refractivity contribution in [3.63, 3.8) is 0 Å². The van der Waals surface area contributed by atoms with Crippen molar-refractivity contribution in [2.75, 3.05) is 21.3 Å². The number of aromatic nitrogens is 1. The molecule has 152 valence electrons. The molecule has 0 aliphatic rings. The second-order valence-corrected chi connectivity index (χ2v) is 6.54. The van der Waals surface area contributed by atoms with Crippen LogP contribution in [0.5, 0.6) is 17.2 Å². The van der Waals surface area contributed by atoms with Crippen molar-refractivity contribution in [3.8, 4) is 39.7 Å². The minimum absolute atomic E-state index is 0.425. The molecule has 4 aromatic rings. The molecule has 0 fully saturated rings. The number of primary amides is 1. The number of rotatable bonds is 6. The number of nitrogens with two attached hydrogens (primary N) is 1. The van der Waals surface area contributed by atoms with E-state index in [2.05, 4.69) is 4.98 Å². The van der Waals surface area contributed by atoms with Gasteiger partial charge in [-0.25, -0.2) is 0 Å². The molecule has 2 aromatic carbocycles. The van der Waals surface area contributed by atoms with Crippen LogP contribution < -0.4 is 19.9 Å². The first-order valence-corrected chi connectivity index (χ1v) is 9.15. The third kappa shape index (κ3) is 3.30. The van der Waals surface area contributed by atoms with Crippen molar-refractivity contribution < 1.29 is 23.4 Å². The number of carbonyl (C=O) groups is 1. The summed E-state index contributed by atoms with van der Waals surface area (Å²) >= 11 is 0. The molecule has 1 amide bonds. The van der Waals surface area contributed by atoms with Crippen molar-refractivity contribution in [2.45, 2.75) is 0 Å². The summed E-state index contributed by atoms with van der Waals surface area (Å²) in [5.74, 6) is 1.65. The number of amides is 1. The fraction of sp³-hybridized carbons (Fsp3) is 0.130. The first-order valence-electron chi connectivity index (χ1n) is 9.15. The van der Waals surface area contributed by atoms with Gasteiger partial charge < -0.3 is 24.4 Å². The second kappa shape index (κ2) is 7.79. The van der Waals surface area contributed by atoms with Gasteiger partial charge >= 0.3 is 0 Å². The van der Waals surface area contributed by atoms with Crippen LogP contribution in [-0.2, 0) is 0 Å². The van der Waals surface area contributed by atoms with E-state index in [9.17, 15) is 4.79 Å². The molecule has 2 aromatic heterocycles. The van der Waals surface area contributed by atoms with Gasteiger partial charge in [-0.2, -0.15) is 0 Å². The maximum atomic E-state index is 11.6. The predicted octanol–water partition coefficient (Wildman–Crippen LogP) is 4.29. The number of pyridine rings is 1. The van der Waals surface area contributed by atoms with E-state index in [1.807, 2.05) is 30.3 Å². The Balaban J connectivity index is 1.87. The number of hydrogen-bond donors (Lipinski definition) is 1. The molecule has 0 saturated carbocycles. The van der Waals surface area contributed by atoms with Gasteiger partial charge in [0.2, 0.25) is 11.7 Å². The Bertz CT molecular complexity index is 1220. The predicted molar refractivity (Wildman–Crippen MR) is 113 cm³/mol. The van der Waals surface area contributed by atoms with Gasteiger partial charge in [-0.05, 0) is 35.9 Å². The quantitative estimate of drug-likeness (QED) is 0.515. The van der Waals surface area contributed by atoms with Gasteiger partial charge in [0, 0.05) is 29.0 Å². The van der Waals surface area contributed by atoms with Crippen LogP contribution in [0.1, 0.15) is 10.4 Å². The number of benzene rings is 2. The highest BCUT2D eigenvalue weighted by atomic mass is 16.5. The lowest BCUT2D eigenvalue weighted by molar-refractivity contribution is 0.100. The summed E-state index contributed by atoms with van der Waals surface area (Å²) < 4.78 is 22.4. The van der Waals surface area contributed by atoms with Crippen molar-refractivity contribution >= 4 is 17.0 Å². The van der Waals surface area contributed by atoms with Gasteiger partial charge in [-0.3, -0.25) is 9.78 Å². The van der Waals surface area contributed by atoms with Crippen molar-refractivity contribution in [3.05, 3.63) is 60.3 Å². The van der Waals surface area contributed by atoms with Gasteiger partial charge in [-0.1, -0.05) is 12.1 Å². The Hall–Kier alpha value is -4.00. The van der Waals surface area contributed by atoms with E-state index in [1.54, 1.807) is 45.7 Å². The molecule has 0 saturated heterocycles. The lowest BCUT2D eigenvalue weighted by atomic mass is 10.0. The fourth-order valence-corrected chi connectivity index (χ4v) is 3.37. The van der Waals surface area contributed by atoms with Crippen molar-refractivity contribution in [1.29, 1.82) is 0 Å². The lowest BCUT2D eigenvalue weighted by Gasteiger charge is -2.13. The molecule has 0 spiro atoms. The molecule has 0 atom stereocenters. The Morgan fingerprint density at radius 3 is 2.30 bits per heavy atom. The van der Waals surface area contributed by atoms with Crippen molar-refractivity contribution in [2.24, 2.45) is 5.73 Å². The van der Waals surface area contributed by atoms with E-state index in [4.69, 9.17) is 24.4 Å². The normalized spacial score (nSPS) is 10.8. The van der Waals surface area contributed by atoms with Gasteiger partial charge in [0.15, 0.2) is 17.1 Å². The zero-order valence-corrected chi connectivity index (χ0v) is 16.8. The summed E-state index contributed by atoms with van der Waals surface area (Å²) in [6, 6.07) is 14.4. The minimum Gasteiger partial charge on any atom is -0.493 e. The van der Waals surface area contributed by atoms with E-state index >= 15 is 0 Å². The standard InChI is InChI=1S/C23H20N2O5/c1-27-19-10-15(11-20(28-2)22(19)29-3)18-12-17-21(30-18)16(7-8-25-17)13-5-4-6-14(9-13)23(24)26/h4-12H,1-3H3,(H2,24,26). The van der Waals surface area contributed by atoms with Crippen LogP contribution in [0.25, 0.3) is 33.6 Å². The molecule has 0 aliphatic heterocycles. The summed E-state index contributed by atoms with van der Waals surface area (Å²) in [6.07, 6.45) is 1.70. The van der Waals surface area contributed by atoms with Crippen LogP contribution in [-0.4, -0.2) is 32.2 Å². The van der Waals surface area contributed by atoms with E-state index in [0.717, 1.165) is 16.7 Å². The molecule has 7 nitrogen and oxygen atoms in total. The largest absolute Gasteiger partial charge is 0.493 e. The van der Waals surface area contributed by atoms with Crippen molar-refractivity contribution in [1.82, 2.24) is 4.98 Å². The Kier molecular flexibility index (Phi) is 5.02. The number of nitrogens with zero attached hydrogens (tertiary/aromatic N) is 1. The Morgan fingerprint density at radius 2 is 1.67 bits per heavy atom. The third-order valence-corrected chi connectivity index (χ3v) is 4.82. The molecule has 7 heteroatoms. The van der Waals surface area contributed by atoms with Gasteiger partial charge in [0.25, 0.3) is 0 Å². The van der Waals surface area contributed by atoms with E-state index < -0.39 is 5.91 Å². The molecule has 0 bridgehead atoms. The number of ether oxygens (including phenoxy) is 3. The SMILES string of the molecule is COc1cc(-c2cc3nccc(-c4cccc(C(N)=O)c4)c3o2)cc(OC)c1OC. The molecule has 2 N–H and O–H groups in total. The van der Waals surface area contributed by atoms with Crippen LogP contribution >= 0.6 is 0 Å². The number of methoxy groups -OCH3 is 3. The molecule has 0 aliphatic carbocycles. The minimum atomic E-state index is -0.486. The second-order valence-electron chi connectivity index (χ2n) is 6.54. The molecule has 0 unspecified atom stereocenters. The van der Waals surface area contributed by atoms with E-state index in [-0.39, 0.29) is 0 Å². The van der Waals surface area contributed by atoms with Crippen LogP contribution in [0.4, 0.5) is 0 Å². The van der Waals surface area contributed by atoms with E-state index in [1.165, 1.54) is 0 Å². The van der Waals surface area contributed by atoms with Crippen LogP contribution in [0.15, 0.2) is 59.1 Å². The first-order chi connectivity index (χ1) is 14.5. The van der Waals surface area contributed by atoms with Gasteiger partial charge in [0.05, 0.1) is 21.3 Å². The fourth-order valence-electron chi connectivity index (χ4n) is 3.37. The lowest BCUT2D eigenvalue weighted by Crippen LogP contribution is -2.10. The monoisotopic (exact) mass is 404 g/mol. The van der Waals surface area contributed by atoms with Gasteiger partial charge in [0.1, 0.15) is 11.3 Å². The summed E-state index contributed by atoms with van der Waals surface area (Å²) in [5.41, 5.74) is 9.50. The maximum absolute atomic E-state index is 11.6. The molecule has 2 heterocycles. The van der Waals surface area contributed by atoms with Crippen LogP contribution in [0.2, 0.25) is 0 Å². The Morgan fingerprint density at radius 1 is 0.933 bits per heavy atom. The number of fused-ring (bicyclic) bond motifs is 1. The molecule has 30 heavy (non-hydrogen) atoms. The highest BCUT2D eigenvalue weighted by Crippen LogP contribution is 2.42. The highest BCUT2D eigenvalue weighted by molar-refractivity contribution is 5.97. The number of furan rings is 1. The smallest absolute Gasteiger partial charge is 0.248 e. The Labute approximate surface area is 173 Å². The van der Waals surface area contributed by atoms with Crippen LogP contribution in [0.3, 0.4) is 0 Å². The molecular formula is C23H20N2O5. The molecular weight excluding hydrogens is 384 g/mol. The summed E-state index contributed by atoms with van der Waals surface area (Å²) in [4.78, 5) is 16.0. The average molecular weight is 404 g/mol. The summed E-state index contributed by atoms with van der Waals surface area (Å²) in [7, 11) is 4.67. The average Bonchev–Trinajstić information content (AvgIpc) is 3.22. The number of hydrogen-bond acceptors (Lipinski definition) is 6. The maximum Gasteiger partial charge on any atom is 0.248 e. The summed E-state index contributed by atoms with van der Waals surface area (Å²) in [6.45, 7) is 0. The zero-order valence-electron chi connectivity index (χ0n) is 16.8. The molecule has 0 radical (unpaired) electrons.